The first-order valence-electron chi connectivity index (χ1n) is 11.7. The molecule has 1 aliphatic carbocycles. The summed E-state index contributed by atoms with van der Waals surface area (Å²) in [6.45, 7) is 1.69. The second-order valence-electron chi connectivity index (χ2n) is 9.24. The van der Waals surface area contributed by atoms with Gasteiger partial charge in [-0.1, -0.05) is 0 Å². The van der Waals surface area contributed by atoms with Gasteiger partial charge in [-0.05, 0) is 70.1 Å². The van der Waals surface area contributed by atoms with Gasteiger partial charge in [0, 0.05) is 36.8 Å². The molecule has 0 radical (unpaired) electrons. The van der Waals surface area contributed by atoms with Crippen molar-refractivity contribution in [3.63, 3.8) is 0 Å². The number of likely N-dealkylation sites (N-methyl/N-ethyl adjacent to an activating group) is 1. The number of hydrogen-bond donors (Lipinski definition) is 1. The summed E-state index contributed by atoms with van der Waals surface area (Å²) in [5.74, 6) is 0.683. The van der Waals surface area contributed by atoms with Crippen LogP contribution in [-0.4, -0.2) is 70.4 Å². The Balaban J connectivity index is 1.44. The molecule has 3 heterocycles. The van der Waals surface area contributed by atoms with Crippen molar-refractivity contribution in [3.8, 4) is 21.8 Å². The highest BCUT2D eigenvalue weighted by Gasteiger charge is 2.30. The van der Waals surface area contributed by atoms with Crippen LogP contribution in [-0.2, 0) is 4.79 Å². The third-order valence-corrected chi connectivity index (χ3v) is 7.70. The average molecular weight is 481 g/mol. The molecule has 1 unspecified atom stereocenters. The number of benzene rings is 1. The van der Waals surface area contributed by atoms with Crippen molar-refractivity contribution in [1.29, 1.82) is 0 Å². The molecule has 1 saturated carbocycles. The third-order valence-electron chi connectivity index (χ3n) is 6.46. The summed E-state index contributed by atoms with van der Waals surface area (Å²) in [4.78, 5) is 30.9. The largest absolute Gasteiger partial charge is 0.351 e. The van der Waals surface area contributed by atoms with E-state index < -0.39 is 0 Å². The average Bonchev–Trinajstić information content (AvgIpc) is 3.54. The molecule has 7 nitrogen and oxygen atoms in total. The van der Waals surface area contributed by atoms with E-state index in [0.29, 0.717) is 17.9 Å². The molecule has 0 bridgehead atoms. The van der Waals surface area contributed by atoms with Gasteiger partial charge in [-0.15, -0.1) is 11.3 Å². The standard InChI is InChI=1S/C25H29FN6OS/c1-31(2)21(15-33)32-13-10-17(11-14-32)24-30-22(16-3-5-18(26)6-4-16)23(34-24)20-9-12-27-25(29-20)28-19-7-8-19/h3-6,9,12,15,17,19,21H,7-8,10-11,13-14H2,1-2H3,(H,27,28,29). The molecule has 1 aromatic carbocycles. The Labute approximate surface area is 203 Å². The Hall–Kier alpha value is -2.75. The van der Waals surface area contributed by atoms with E-state index in [1.54, 1.807) is 29.7 Å². The van der Waals surface area contributed by atoms with Crippen LogP contribution in [0.3, 0.4) is 0 Å². The van der Waals surface area contributed by atoms with Crippen molar-refractivity contribution in [2.75, 3.05) is 32.5 Å². The number of hydrogen-bond acceptors (Lipinski definition) is 8. The Morgan fingerprint density at radius 2 is 1.85 bits per heavy atom. The summed E-state index contributed by atoms with van der Waals surface area (Å²) < 4.78 is 13.6. The number of carbonyl (C=O) groups is 1. The van der Waals surface area contributed by atoms with Crippen LogP contribution >= 0.6 is 11.3 Å². The molecule has 2 aromatic heterocycles. The predicted molar refractivity (Wildman–Crippen MR) is 132 cm³/mol. The van der Waals surface area contributed by atoms with E-state index in [4.69, 9.17) is 9.97 Å². The van der Waals surface area contributed by atoms with Gasteiger partial charge in [0.05, 0.1) is 21.3 Å². The monoisotopic (exact) mass is 480 g/mol. The fourth-order valence-electron chi connectivity index (χ4n) is 4.40. The highest BCUT2D eigenvalue weighted by molar-refractivity contribution is 7.15. The molecule has 1 atom stereocenters. The number of aromatic nitrogens is 3. The van der Waals surface area contributed by atoms with Gasteiger partial charge in [0.2, 0.25) is 5.95 Å². The molecule has 2 fully saturated rings. The molecule has 5 rings (SSSR count). The molecule has 3 aromatic rings. The molecule has 1 N–H and O–H groups in total. The van der Waals surface area contributed by atoms with Crippen LogP contribution in [0.15, 0.2) is 36.5 Å². The Bertz CT molecular complexity index is 1140. The molecule has 34 heavy (non-hydrogen) atoms. The number of likely N-dealkylation sites (tertiary alicyclic amines) is 1. The topological polar surface area (TPSA) is 74.2 Å². The van der Waals surface area contributed by atoms with Crippen LogP contribution < -0.4 is 5.32 Å². The van der Waals surface area contributed by atoms with Gasteiger partial charge < -0.3 is 10.1 Å². The van der Waals surface area contributed by atoms with Gasteiger partial charge in [0.25, 0.3) is 0 Å². The zero-order chi connectivity index (χ0) is 23.7. The zero-order valence-corrected chi connectivity index (χ0v) is 20.3. The van der Waals surface area contributed by atoms with Gasteiger partial charge in [-0.25, -0.2) is 19.3 Å². The van der Waals surface area contributed by atoms with Crippen molar-refractivity contribution in [2.24, 2.45) is 0 Å². The lowest BCUT2D eigenvalue weighted by Crippen LogP contribution is -2.49. The van der Waals surface area contributed by atoms with Crippen LogP contribution in [0.4, 0.5) is 10.3 Å². The van der Waals surface area contributed by atoms with Crippen LogP contribution in [0.2, 0.25) is 0 Å². The molecule has 178 valence electrons. The van der Waals surface area contributed by atoms with Crippen LogP contribution in [0.5, 0.6) is 0 Å². The second kappa shape index (κ2) is 9.85. The lowest BCUT2D eigenvalue weighted by atomic mass is 9.97. The molecule has 2 aliphatic rings. The Morgan fingerprint density at radius 1 is 1.12 bits per heavy atom. The lowest BCUT2D eigenvalue weighted by molar-refractivity contribution is -0.118. The zero-order valence-electron chi connectivity index (χ0n) is 19.4. The summed E-state index contributed by atoms with van der Waals surface area (Å²) in [6, 6.07) is 8.87. The summed E-state index contributed by atoms with van der Waals surface area (Å²) in [5.41, 5.74) is 2.53. The fourth-order valence-corrected chi connectivity index (χ4v) is 5.63. The van der Waals surface area contributed by atoms with E-state index in [1.807, 2.05) is 25.1 Å². The van der Waals surface area contributed by atoms with Gasteiger partial charge >= 0.3 is 0 Å². The van der Waals surface area contributed by atoms with E-state index >= 15 is 0 Å². The molecule has 1 aliphatic heterocycles. The fraction of sp³-hybridized carbons (Fsp3) is 0.440. The number of aldehydes is 1. The van der Waals surface area contributed by atoms with E-state index in [0.717, 1.165) is 71.9 Å². The van der Waals surface area contributed by atoms with Crippen molar-refractivity contribution >= 4 is 23.6 Å². The minimum absolute atomic E-state index is 0.194. The number of piperidine rings is 1. The highest BCUT2D eigenvalue weighted by Crippen LogP contribution is 2.41. The first-order valence-corrected chi connectivity index (χ1v) is 12.6. The maximum absolute atomic E-state index is 13.6. The van der Waals surface area contributed by atoms with Crippen molar-refractivity contribution in [3.05, 3.63) is 47.4 Å². The third kappa shape index (κ3) is 5.01. The summed E-state index contributed by atoms with van der Waals surface area (Å²) in [5, 5.41) is 4.43. The van der Waals surface area contributed by atoms with Crippen LogP contribution in [0.25, 0.3) is 21.8 Å². The molecule has 9 heteroatoms. The summed E-state index contributed by atoms with van der Waals surface area (Å²) in [6.07, 6.45) is 6.77. The summed E-state index contributed by atoms with van der Waals surface area (Å²) in [7, 11) is 3.86. The maximum atomic E-state index is 13.6. The second-order valence-corrected chi connectivity index (χ2v) is 10.3. The highest BCUT2D eigenvalue weighted by atomic mass is 32.1. The van der Waals surface area contributed by atoms with Crippen LogP contribution in [0, 0.1) is 5.82 Å². The first-order chi connectivity index (χ1) is 16.5. The number of halogens is 1. The number of anilines is 1. The number of carbonyl (C=O) groups excluding carboxylic acids is 1. The predicted octanol–water partition coefficient (Wildman–Crippen LogP) is 4.25. The lowest BCUT2D eigenvalue weighted by Gasteiger charge is -2.37. The molecular formula is C25H29FN6OS. The molecule has 0 amide bonds. The number of rotatable bonds is 8. The quantitative estimate of drug-likeness (QED) is 0.483. The van der Waals surface area contributed by atoms with Crippen molar-refractivity contribution < 1.29 is 9.18 Å². The number of thiazole rings is 1. The summed E-state index contributed by atoms with van der Waals surface area (Å²) >= 11 is 1.66. The van der Waals surface area contributed by atoms with E-state index in [2.05, 4.69) is 15.2 Å². The normalized spacial score (nSPS) is 18.2. The molecular weight excluding hydrogens is 451 g/mol. The van der Waals surface area contributed by atoms with Crippen molar-refractivity contribution in [1.82, 2.24) is 24.8 Å². The van der Waals surface area contributed by atoms with Crippen molar-refractivity contribution in [2.45, 2.75) is 43.8 Å². The van der Waals surface area contributed by atoms with Gasteiger partial charge in [-0.3, -0.25) is 9.80 Å². The Morgan fingerprint density at radius 3 is 2.50 bits per heavy atom. The molecule has 1 saturated heterocycles. The van der Waals surface area contributed by atoms with Gasteiger partial charge in [-0.2, -0.15) is 0 Å². The maximum Gasteiger partial charge on any atom is 0.223 e. The van der Waals surface area contributed by atoms with E-state index in [-0.39, 0.29) is 12.0 Å². The van der Waals surface area contributed by atoms with Crippen LogP contribution in [0.1, 0.15) is 36.6 Å². The van der Waals surface area contributed by atoms with Gasteiger partial charge in [0.15, 0.2) is 6.29 Å². The smallest absolute Gasteiger partial charge is 0.223 e. The number of nitrogens with one attached hydrogen (secondary N) is 1. The first kappa shape index (κ1) is 23.0. The minimum Gasteiger partial charge on any atom is -0.351 e. The molecule has 0 spiro atoms. The van der Waals surface area contributed by atoms with E-state index in [9.17, 15) is 9.18 Å². The minimum atomic E-state index is -0.267. The number of nitrogens with zero attached hydrogens (tertiary/aromatic N) is 5. The van der Waals surface area contributed by atoms with E-state index in [1.165, 1.54) is 12.1 Å². The van der Waals surface area contributed by atoms with Gasteiger partial charge in [0.1, 0.15) is 12.0 Å². The Kier molecular flexibility index (Phi) is 6.67. The SMILES string of the molecule is CN(C)C(C=O)N1CCC(c2nc(-c3ccc(F)cc3)c(-c3ccnc(NC4CC4)n3)s2)CC1.